The van der Waals surface area contributed by atoms with Crippen LogP contribution in [-0.4, -0.2) is 23.0 Å². The van der Waals surface area contributed by atoms with Crippen LogP contribution in [0.2, 0.25) is 0 Å². The Morgan fingerprint density at radius 3 is 2.21 bits per heavy atom. The average molecular weight is 201 g/mol. The fourth-order valence-corrected chi connectivity index (χ4v) is 1.05. The molecule has 0 spiro atoms. The quantitative estimate of drug-likeness (QED) is 0.682. The van der Waals surface area contributed by atoms with Crippen molar-refractivity contribution in [1.29, 1.82) is 0 Å². The van der Waals surface area contributed by atoms with Crippen LogP contribution in [0.1, 0.15) is 40.0 Å². The topological polar surface area (TPSA) is 66.4 Å². The summed E-state index contributed by atoms with van der Waals surface area (Å²) in [6.45, 7) is 5.72. The molecule has 0 saturated carbocycles. The van der Waals surface area contributed by atoms with Crippen molar-refractivity contribution in [2.24, 2.45) is 5.92 Å². The zero-order chi connectivity index (χ0) is 11.1. The molecule has 1 amide bonds. The molecular weight excluding hydrogens is 182 g/mol. The minimum atomic E-state index is -0.968. The number of aliphatic carboxylic acids is 1. The van der Waals surface area contributed by atoms with E-state index in [2.05, 4.69) is 5.32 Å². The van der Waals surface area contributed by atoms with Gasteiger partial charge in [-0.25, -0.2) is 4.79 Å². The molecule has 2 unspecified atom stereocenters. The van der Waals surface area contributed by atoms with Crippen molar-refractivity contribution >= 4 is 11.9 Å². The molecule has 0 radical (unpaired) electrons. The lowest BCUT2D eigenvalue weighted by atomic mass is 10.0. The van der Waals surface area contributed by atoms with Crippen LogP contribution in [0.15, 0.2) is 0 Å². The van der Waals surface area contributed by atoms with E-state index in [0.717, 1.165) is 6.42 Å². The monoisotopic (exact) mass is 201 g/mol. The van der Waals surface area contributed by atoms with Gasteiger partial charge in [0.2, 0.25) is 5.91 Å². The zero-order valence-corrected chi connectivity index (χ0v) is 9.04. The van der Waals surface area contributed by atoms with Crippen molar-refractivity contribution in [2.45, 2.75) is 46.1 Å². The fraction of sp³-hybridized carbons (Fsp3) is 0.800. The molecule has 4 nitrogen and oxygen atoms in total. The van der Waals surface area contributed by atoms with E-state index >= 15 is 0 Å². The molecule has 0 aliphatic rings. The Hall–Kier alpha value is -1.06. The van der Waals surface area contributed by atoms with Gasteiger partial charge in [0.05, 0.1) is 0 Å². The van der Waals surface area contributed by atoms with Crippen LogP contribution in [-0.2, 0) is 9.59 Å². The van der Waals surface area contributed by atoms with E-state index in [1.54, 1.807) is 6.92 Å². The molecule has 0 rings (SSSR count). The first-order valence-corrected chi connectivity index (χ1v) is 5.03. The smallest absolute Gasteiger partial charge is 0.326 e. The lowest BCUT2D eigenvalue weighted by molar-refractivity contribution is -0.142. The lowest BCUT2D eigenvalue weighted by Gasteiger charge is -2.14. The maximum absolute atomic E-state index is 11.3. The van der Waals surface area contributed by atoms with Crippen LogP contribution >= 0.6 is 0 Å². The number of nitrogens with one attached hydrogen (secondary N) is 1. The van der Waals surface area contributed by atoms with Crippen molar-refractivity contribution in [1.82, 2.24) is 5.32 Å². The summed E-state index contributed by atoms with van der Waals surface area (Å²) in [5.74, 6) is -0.833. The Morgan fingerprint density at radius 1 is 1.29 bits per heavy atom. The predicted molar refractivity (Wildman–Crippen MR) is 53.9 cm³/mol. The molecular formula is C10H19NO3. The van der Waals surface area contributed by atoms with Gasteiger partial charge in [0, 0.05) is 6.42 Å². The summed E-state index contributed by atoms with van der Waals surface area (Å²) in [6.07, 6.45) is 1.75. The molecule has 2 atom stereocenters. The second-order valence-electron chi connectivity index (χ2n) is 3.58. The summed E-state index contributed by atoms with van der Waals surface area (Å²) >= 11 is 0. The Morgan fingerprint density at radius 2 is 1.86 bits per heavy atom. The van der Waals surface area contributed by atoms with Crippen LogP contribution in [0.3, 0.4) is 0 Å². The molecule has 0 aliphatic carbocycles. The van der Waals surface area contributed by atoms with Crippen LogP contribution < -0.4 is 5.32 Å². The number of carboxylic acid groups (broad SMARTS) is 1. The predicted octanol–water partition coefficient (Wildman–Crippen LogP) is 1.40. The molecule has 0 aromatic rings. The van der Waals surface area contributed by atoms with Gasteiger partial charge >= 0.3 is 5.97 Å². The number of hydrogen-bond acceptors (Lipinski definition) is 2. The maximum atomic E-state index is 11.3. The Bertz CT molecular complexity index is 204. The van der Waals surface area contributed by atoms with Crippen molar-refractivity contribution in [3.8, 4) is 0 Å². The molecule has 0 bridgehead atoms. The van der Waals surface area contributed by atoms with Crippen LogP contribution in [0.25, 0.3) is 0 Å². The minimum Gasteiger partial charge on any atom is -0.480 e. The highest BCUT2D eigenvalue weighted by Crippen LogP contribution is 2.06. The van der Waals surface area contributed by atoms with Crippen molar-refractivity contribution in [2.75, 3.05) is 0 Å². The number of carboxylic acids is 1. The Labute approximate surface area is 84.7 Å². The molecule has 0 saturated heterocycles. The van der Waals surface area contributed by atoms with E-state index in [0.29, 0.717) is 18.8 Å². The van der Waals surface area contributed by atoms with E-state index < -0.39 is 12.0 Å². The SMILES string of the molecule is CCC(C)CC(=O)NC(CC)C(=O)O. The Kier molecular flexibility index (Phi) is 5.92. The van der Waals surface area contributed by atoms with Crippen LogP contribution in [0, 0.1) is 5.92 Å². The van der Waals surface area contributed by atoms with Crippen molar-refractivity contribution in [3.05, 3.63) is 0 Å². The summed E-state index contributed by atoms with van der Waals surface area (Å²) in [5.41, 5.74) is 0. The van der Waals surface area contributed by atoms with Gasteiger partial charge in [0.1, 0.15) is 6.04 Å². The number of rotatable bonds is 6. The van der Waals surface area contributed by atoms with Gasteiger partial charge in [-0.1, -0.05) is 27.2 Å². The van der Waals surface area contributed by atoms with Crippen molar-refractivity contribution in [3.63, 3.8) is 0 Å². The number of hydrogen-bond donors (Lipinski definition) is 2. The number of carbonyl (C=O) groups excluding carboxylic acids is 1. The molecule has 2 N–H and O–H groups in total. The first kappa shape index (κ1) is 12.9. The zero-order valence-electron chi connectivity index (χ0n) is 9.04. The third kappa shape index (κ3) is 4.84. The molecule has 0 aliphatic heterocycles. The second kappa shape index (κ2) is 6.40. The number of amides is 1. The van der Waals surface area contributed by atoms with Gasteiger partial charge in [-0.15, -0.1) is 0 Å². The van der Waals surface area contributed by atoms with Gasteiger partial charge in [-0.3, -0.25) is 4.79 Å². The van der Waals surface area contributed by atoms with Crippen LogP contribution in [0.5, 0.6) is 0 Å². The second-order valence-corrected chi connectivity index (χ2v) is 3.58. The molecule has 0 heterocycles. The minimum absolute atomic E-state index is 0.173. The normalized spacial score (nSPS) is 14.5. The third-order valence-corrected chi connectivity index (χ3v) is 2.27. The molecule has 4 heteroatoms. The summed E-state index contributed by atoms with van der Waals surface area (Å²) in [4.78, 5) is 21.9. The van der Waals surface area contributed by atoms with E-state index in [-0.39, 0.29) is 5.91 Å². The summed E-state index contributed by atoms with van der Waals surface area (Å²) in [5, 5.41) is 11.2. The first-order valence-electron chi connectivity index (χ1n) is 5.03. The maximum Gasteiger partial charge on any atom is 0.326 e. The Balaban J connectivity index is 3.97. The van der Waals surface area contributed by atoms with Gasteiger partial charge in [-0.05, 0) is 12.3 Å². The van der Waals surface area contributed by atoms with Gasteiger partial charge in [-0.2, -0.15) is 0 Å². The highest BCUT2D eigenvalue weighted by atomic mass is 16.4. The van der Waals surface area contributed by atoms with E-state index in [1.807, 2.05) is 13.8 Å². The average Bonchev–Trinajstić information content (AvgIpc) is 2.13. The summed E-state index contributed by atoms with van der Waals surface area (Å²) in [6, 6.07) is -0.744. The lowest BCUT2D eigenvalue weighted by Crippen LogP contribution is -2.40. The molecule has 14 heavy (non-hydrogen) atoms. The summed E-state index contributed by atoms with van der Waals surface area (Å²) < 4.78 is 0. The van der Waals surface area contributed by atoms with Crippen molar-refractivity contribution < 1.29 is 14.7 Å². The van der Waals surface area contributed by atoms with E-state index in [9.17, 15) is 9.59 Å². The summed E-state index contributed by atoms with van der Waals surface area (Å²) in [7, 11) is 0. The third-order valence-electron chi connectivity index (χ3n) is 2.27. The van der Waals surface area contributed by atoms with E-state index in [1.165, 1.54) is 0 Å². The van der Waals surface area contributed by atoms with Crippen LogP contribution in [0.4, 0.5) is 0 Å². The molecule has 82 valence electrons. The van der Waals surface area contributed by atoms with Gasteiger partial charge in [0.25, 0.3) is 0 Å². The molecule has 0 fully saturated rings. The molecule has 0 aromatic carbocycles. The van der Waals surface area contributed by atoms with Gasteiger partial charge in [0.15, 0.2) is 0 Å². The standard InChI is InChI=1S/C10H19NO3/c1-4-7(3)6-9(12)11-8(5-2)10(13)14/h7-8H,4-6H2,1-3H3,(H,11,12)(H,13,14). The first-order chi connectivity index (χ1) is 6.51. The fourth-order valence-electron chi connectivity index (χ4n) is 1.05. The van der Waals surface area contributed by atoms with E-state index in [4.69, 9.17) is 5.11 Å². The highest BCUT2D eigenvalue weighted by Gasteiger charge is 2.18. The largest absolute Gasteiger partial charge is 0.480 e. The highest BCUT2D eigenvalue weighted by molar-refractivity contribution is 5.83. The molecule has 0 aromatic heterocycles. The van der Waals surface area contributed by atoms with Gasteiger partial charge < -0.3 is 10.4 Å². The number of carbonyl (C=O) groups is 2.